The van der Waals surface area contributed by atoms with E-state index in [9.17, 15) is 36.5 Å². The van der Waals surface area contributed by atoms with Gasteiger partial charge in [-0.1, -0.05) is 55.8 Å². The fourth-order valence-electron chi connectivity index (χ4n) is 4.69. The van der Waals surface area contributed by atoms with Crippen molar-refractivity contribution in [3.8, 4) is 16.8 Å². The number of unbranched alkanes of at least 4 members (excludes halogenated alkanes) is 1. The number of sulfonamides is 1. The van der Waals surface area contributed by atoms with Crippen LogP contribution in [0.3, 0.4) is 0 Å². The minimum absolute atomic E-state index is 0.0417. The average molecular weight is 632 g/mol. The smallest absolute Gasteiger partial charge is 0.274 e. The molecule has 0 atom stereocenters. The van der Waals surface area contributed by atoms with Gasteiger partial charge in [0.1, 0.15) is 5.82 Å². The number of aromatic nitrogens is 3. The van der Waals surface area contributed by atoms with Gasteiger partial charge in [0.25, 0.3) is 5.69 Å². The van der Waals surface area contributed by atoms with E-state index in [1.165, 1.54) is 10.6 Å². The summed E-state index contributed by atoms with van der Waals surface area (Å²) in [6.07, 6.45) is -3.27. The van der Waals surface area contributed by atoms with Gasteiger partial charge >= 0.3 is 11.9 Å². The highest BCUT2D eigenvalue weighted by Gasteiger charge is 2.36. The highest BCUT2D eigenvalue weighted by atomic mass is 32.2. The van der Waals surface area contributed by atoms with Crippen molar-refractivity contribution in [3.05, 3.63) is 104 Å². The summed E-state index contributed by atoms with van der Waals surface area (Å²) in [5, 5.41) is 15.5. The first-order valence-electron chi connectivity index (χ1n) is 13.8. The third-order valence-electron chi connectivity index (χ3n) is 6.64. The normalized spacial score (nSPS) is 12.4. The number of nitro groups is 1. The van der Waals surface area contributed by atoms with Gasteiger partial charge in [0.05, 0.1) is 27.6 Å². The number of hydrogen-bond donors (Lipinski definition) is 1. The topological polar surface area (TPSA) is 129 Å². The zero-order chi connectivity index (χ0) is 32.4. The number of benzene rings is 3. The first-order chi connectivity index (χ1) is 20.5. The van der Waals surface area contributed by atoms with E-state index >= 15 is 0 Å². The Labute approximate surface area is 252 Å². The summed E-state index contributed by atoms with van der Waals surface area (Å²) >= 11 is 0. The first-order valence-corrected chi connectivity index (χ1v) is 15.3. The van der Waals surface area contributed by atoms with Gasteiger partial charge in [-0.05, 0) is 50.5 Å². The van der Waals surface area contributed by atoms with E-state index in [1.807, 2.05) is 6.92 Å². The Bertz CT molecular complexity index is 1840. The number of rotatable bonds is 10. The highest BCUT2D eigenvalue weighted by molar-refractivity contribution is 7.89. The number of non-ortho nitro benzene ring substituents is 1. The summed E-state index contributed by atoms with van der Waals surface area (Å²) < 4.78 is 72.2. The molecule has 0 aliphatic carbocycles. The van der Waals surface area contributed by atoms with Crippen LogP contribution in [0.25, 0.3) is 16.8 Å². The molecule has 4 rings (SSSR count). The molecule has 0 radical (unpaired) electrons. The molecule has 0 fully saturated rings. The zero-order valence-electron chi connectivity index (χ0n) is 24.6. The van der Waals surface area contributed by atoms with Crippen LogP contribution < -0.4 is 10.4 Å². The summed E-state index contributed by atoms with van der Waals surface area (Å²) in [5.41, 5.74) is -2.47. The van der Waals surface area contributed by atoms with E-state index in [2.05, 4.69) is 9.82 Å². The molecule has 1 heterocycles. The lowest BCUT2D eigenvalue weighted by atomic mass is 10.0. The van der Waals surface area contributed by atoms with Crippen molar-refractivity contribution in [3.63, 3.8) is 0 Å². The summed E-state index contributed by atoms with van der Waals surface area (Å²) in [5.74, 6) is 0.227. The van der Waals surface area contributed by atoms with Crippen LogP contribution in [0, 0.1) is 10.1 Å². The zero-order valence-corrected chi connectivity index (χ0v) is 25.4. The predicted molar refractivity (Wildman–Crippen MR) is 159 cm³/mol. The van der Waals surface area contributed by atoms with Gasteiger partial charge in [-0.25, -0.2) is 17.9 Å². The van der Waals surface area contributed by atoms with E-state index in [4.69, 9.17) is 0 Å². The second-order valence-corrected chi connectivity index (χ2v) is 13.0. The molecule has 0 unspecified atom stereocenters. The Morgan fingerprint density at radius 3 is 2.25 bits per heavy atom. The van der Waals surface area contributed by atoms with Gasteiger partial charge in [-0.3, -0.25) is 14.7 Å². The van der Waals surface area contributed by atoms with E-state index in [0.29, 0.717) is 46.3 Å². The van der Waals surface area contributed by atoms with Crippen LogP contribution in [0.15, 0.2) is 76.4 Å². The average Bonchev–Trinajstić information content (AvgIpc) is 3.24. The SMILES string of the molecule is CCCCc1nn(-c2cc([N+](=O)[O-])ccc2C(F)(F)F)c(=O)n1Cc1ccc(-c2ccccc2S(=O)(=O)NC(C)(C)C)cc1. The molecule has 44 heavy (non-hydrogen) atoms. The van der Waals surface area contributed by atoms with E-state index in [0.717, 1.165) is 12.5 Å². The lowest BCUT2D eigenvalue weighted by Gasteiger charge is -2.21. The van der Waals surface area contributed by atoms with Crippen molar-refractivity contribution in [1.82, 2.24) is 19.1 Å². The summed E-state index contributed by atoms with van der Waals surface area (Å²) in [4.78, 5) is 24.1. The number of nitrogens with zero attached hydrogens (tertiary/aromatic N) is 4. The molecule has 0 amide bonds. The molecule has 234 valence electrons. The standard InChI is InChI=1S/C30H32F3N5O5S/c1-5-6-11-27-34-37(25-18-22(38(40)41)16-17-24(25)30(31,32)33)28(39)36(27)19-20-12-14-21(15-13-20)23-9-7-8-10-26(23)44(42,43)35-29(2,3)4/h7-10,12-18,35H,5-6,11,19H2,1-4H3. The van der Waals surface area contributed by atoms with Gasteiger partial charge < -0.3 is 0 Å². The lowest BCUT2D eigenvalue weighted by molar-refractivity contribution is -0.384. The molecule has 3 aromatic carbocycles. The van der Waals surface area contributed by atoms with Crippen LogP contribution in [0.5, 0.6) is 0 Å². The van der Waals surface area contributed by atoms with Crippen molar-refractivity contribution < 1.29 is 26.5 Å². The van der Waals surface area contributed by atoms with Crippen LogP contribution in [0.4, 0.5) is 18.9 Å². The van der Waals surface area contributed by atoms with Crippen molar-refractivity contribution in [2.45, 2.75) is 70.1 Å². The Balaban J connectivity index is 1.75. The quantitative estimate of drug-likeness (QED) is 0.167. The second-order valence-electron chi connectivity index (χ2n) is 11.3. The molecule has 0 aliphatic rings. The van der Waals surface area contributed by atoms with E-state index in [1.54, 1.807) is 63.2 Å². The van der Waals surface area contributed by atoms with Gasteiger partial charge in [0, 0.05) is 29.7 Å². The molecule has 0 saturated carbocycles. The number of alkyl halides is 3. The van der Waals surface area contributed by atoms with Crippen LogP contribution in [0.2, 0.25) is 0 Å². The number of nitro benzene ring substituents is 1. The molecule has 0 saturated heterocycles. The maximum absolute atomic E-state index is 13.9. The van der Waals surface area contributed by atoms with Gasteiger partial charge in [0.2, 0.25) is 10.0 Å². The third kappa shape index (κ3) is 7.25. The molecular weight excluding hydrogens is 599 g/mol. The Morgan fingerprint density at radius 1 is 1.00 bits per heavy atom. The molecule has 14 heteroatoms. The Morgan fingerprint density at radius 2 is 1.66 bits per heavy atom. The summed E-state index contributed by atoms with van der Waals surface area (Å²) in [6, 6.07) is 15.3. The molecule has 1 N–H and O–H groups in total. The van der Waals surface area contributed by atoms with Crippen molar-refractivity contribution >= 4 is 15.7 Å². The molecule has 10 nitrogen and oxygen atoms in total. The molecule has 4 aromatic rings. The molecule has 0 bridgehead atoms. The first kappa shape index (κ1) is 32.6. The van der Waals surface area contributed by atoms with Gasteiger partial charge in [0.15, 0.2) is 0 Å². The highest BCUT2D eigenvalue weighted by Crippen LogP contribution is 2.35. The molecule has 0 spiro atoms. The maximum Gasteiger partial charge on any atom is 0.418 e. The van der Waals surface area contributed by atoms with E-state index in [-0.39, 0.29) is 17.3 Å². The Kier molecular flexibility index (Phi) is 9.16. The third-order valence-corrected chi connectivity index (χ3v) is 8.46. The number of hydrogen-bond acceptors (Lipinski definition) is 6. The largest absolute Gasteiger partial charge is 0.418 e. The minimum Gasteiger partial charge on any atom is -0.274 e. The second kappa shape index (κ2) is 12.4. The summed E-state index contributed by atoms with van der Waals surface area (Å²) in [6.45, 7) is 7.09. The lowest BCUT2D eigenvalue weighted by Crippen LogP contribution is -2.40. The number of nitrogens with one attached hydrogen (secondary N) is 1. The monoisotopic (exact) mass is 631 g/mol. The van der Waals surface area contributed by atoms with Crippen LogP contribution in [0.1, 0.15) is 57.5 Å². The maximum atomic E-state index is 13.9. The van der Waals surface area contributed by atoms with Crippen LogP contribution in [-0.2, 0) is 29.2 Å². The molecule has 0 aliphatic heterocycles. The molecular formula is C30H32F3N5O5S. The number of aryl methyl sites for hydroxylation is 1. The fourth-order valence-corrected chi connectivity index (χ4v) is 6.34. The van der Waals surface area contributed by atoms with E-state index < -0.39 is 49.3 Å². The van der Waals surface area contributed by atoms with Crippen molar-refractivity contribution in [1.29, 1.82) is 0 Å². The fraction of sp³-hybridized carbons (Fsp3) is 0.333. The Hall–Kier alpha value is -4.30. The van der Waals surface area contributed by atoms with Crippen LogP contribution >= 0.6 is 0 Å². The van der Waals surface area contributed by atoms with Gasteiger partial charge in [-0.15, -0.1) is 5.10 Å². The van der Waals surface area contributed by atoms with Gasteiger partial charge in [-0.2, -0.15) is 17.9 Å². The molecule has 1 aromatic heterocycles. The predicted octanol–water partition coefficient (Wildman–Crippen LogP) is 6.10. The van der Waals surface area contributed by atoms with Crippen molar-refractivity contribution in [2.75, 3.05) is 0 Å². The minimum atomic E-state index is -4.89. The van der Waals surface area contributed by atoms with Crippen LogP contribution in [-0.4, -0.2) is 33.2 Å². The number of halogens is 3. The summed E-state index contributed by atoms with van der Waals surface area (Å²) in [7, 11) is -3.85. The van der Waals surface area contributed by atoms with Crippen molar-refractivity contribution in [2.24, 2.45) is 0 Å².